The lowest BCUT2D eigenvalue weighted by Crippen LogP contribution is -2.25. The summed E-state index contributed by atoms with van der Waals surface area (Å²) < 4.78 is 7.39. The Hall–Kier alpha value is -2.67. The van der Waals surface area contributed by atoms with Gasteiger partial charge in [0.2, 0.25) is 4.80 Å². The summed E-state index contributed by atoms with van der Waals surface area (Å²) >= 11 is 1.56. The molecule has 4 rings (SSSR count). The number of anilines is 1. The van der Waals surface area contributed by atoms with E-state index in [1.807, 2.05) is 29.8 Å². The molecule has 1 aliphatic carbocycles. The SMILES string of the molecule is C=C(C)CN=c1scc(-c2ccc3c(c2)NC(=O)CO3)n1N=C1CCCC1. The molecule has 7 heteroatoms. The molecular weight excluding hydrogens is 360 g/mol. The number of rotatable bonds is 4. The van der Waals surface area contributed by atoms with E-state index < -0.39 is 0 Å². The first-order valence-corrected chi connectivity index (χ1v) is 9.97. The Morgan fingerprint density at radius 3 is 2.96 bits per heavy atom. The summed E-state index contributed by atoms with van der Waals surface area (Å²) in [7, 11) is 0. The number of nitrogens with one attached hydrogen (secondary N) is 1. The third kappa shape index (κ3) is 3.88. The van der Waals surface area contributed by atoms with Gasteiger partial charge >= 0.3 is 0 Å². The molecule has 1 aliphatic heterocycles. The standard InChI is InChI=1S/C20H22N4O2S/c1-13(2)10-21-20-24(23-15-5-3-4-6-15)17(12-27-20)14-7-8-18-16(9-14)22-19(25)11-26-18/h7-9,12H,1,3-6,10-11H2,2H3,(H,22,25). The summed E-state index contributed by atoms with van der Waals surface area (Å²) in [6, 6.07) is 5.81. The van der Waals surface area contributed by atoms with Crippen LogP contribution in [0.2, 0.25) is 0 Å². The van der Waals surface area contributed by atoms with Crippen molar-refractivity contribution in [3.05, 3.63) is 40.5 Å². The molecule has 2 aliphatic rings. The number of nitrogens with zero attached hydrogens (tertiary/aromatic N) is 3. The fourth-order valence-electron chi connectivity index (χ4n) is 3.17. The first-order valence-electron chi connectivity index (χ1n) is 9.09. The van der Waals surface area contributed by atoms with Crippen LogP contribution in [0, 0.1) is 0 Å². The molecule has 1 N–H and O–H groups in total. The fraction of sp³-hybridized carbons (Fsp3) is 0.350. The van der Waals surface area contributed by atoms with Gasteiger partial charge in [0.05, 0.1) is 17.9 Å². The minimum atomic E-state index is -0.138. The zero-order valence-electron chi connectivity index (χ0n) is 15.3. The molecule has 1 aromatic carbocycles. The van der Waals surface area contributed by atoms with Gasteiger partial charge < -0.3 is 10.1 Å². The Bertz CT molecular complexity index is 992. The van der Waals surface area contributed by atoms with E-state index in [0.717, 1.165) is 34.5 Å². The average Bonchev–Trinajstić information content (AvgIpc) is 3.30. The van der Waals surface area contributed by atoms with E-state index in [1.54, 1.807) is 11.3 Å². The highest BCUT2D eigenvalue weighted by Crippen LogP contribution is 2.33. The molecule has 1 aromatic heterocycles. The van der Waals surface area contributed by atoms with Crippen LogP contribution in [0.25, 0.3) is 11.3 Å². The van der Waals surface area contributed by atoms with Crippen LogP contribution in [-0.2, 0) is 4.79 Å². The summed E-state index contributed by atoms with van der Waals surface area (Å²) in [5, 5.41) is 9.83. The van der Waals surface area contributed by atoms with Gasteiger partial charge in [-0.15, -0.1) is 11.3 Å². The highest BCUT2D eigenvalue weighted by atomic mass is 32.1. The Morgan fingerprint density at radius 1 is 1.37 bits per heavy atom. The van der Waals surface area contributed by atoms with E-state index in [9.17, 15) is 4.79 Å². The average molecular weight is 382 g/mol. The summed E-state index contributed by atoms with van der Waals surface area (Å²) in [5.41, 5.74) is 4.84. The van der Waals surface area contributed by atoms with Crippen molar-refractivity contribution in [3.8, 4) is 17.0 Å². The summed E-state index contributed by atoms with van der Waals surface area (Å²) in [6.45, 7) is 6.54. The Balaban J connectivity index is 1.79. The van der Waals surface area contributed by atoms with Crippen molar-refractivity contribution in [2.75, 3.05) is 18.5 Å². The molecule has 0 bridgehead atoms. The molecule has 1 saturated carbocycles. The van der Waals surface area contributed by atoms with Crippen molar-refractivity contribution in [3.63, 3.8) is 0 Å². The van der Waals surface area contributed by atoms with Crippen LogP contribution in [0.3, 0.4) is 0 Å². The molecule has 0 atom stereocenters. The second kappa shape index (κ2) is 7.52. The van der Waals surface area contributed by atoms with Gasteiger partial charge in [-0.2, -0.15) is 5.10 Å². The number of fused-ring (bicyclic) bond motifs is 1. The van der Waals surface area contributed by atoms with Crippen molar-refractivity contribution in [2.24, 2.45) is 10.1 Å². The molecule has 2 aromatic rings. The third-order valence-corrected chi connectivity index (χ3v) is 5.35. The number of carbonyl (C=O) groups is 1. The molecule has 2 heterocycles. The normalized spacial score (nSPS) is 16.7. The smallest absolute Gasteiger partial charge is 0.262 e. The zero-order chi connectivity index (χ0) is 18.8. The van der Waals surface area contributed by atoms with Gasteiger partial charge in [0.25, 0.3) is 5.91 Å². The number of aromatic nitrogens is 1. The first kappa shape index (κ1) is 17.7. The molecule has 1 amide bonds. The lowest BCUT2D eigenvalue weighted by molar-refractivity contribution is -0.118. The molecule has 0 spiro atoms. The lowest BCUT2D eigenvalue weighted by Gasteiger charge is -2.18. The number of carbonyl (C=O) groups excluding carboxylic acids is 1. The van der Waals surface area contributed by atoms with E-state index >= 15 is 0 Å². The number of ether oxygens (including phenoxy) is 1. The van der Waals surface area contributed by atoms with Gasteiger partial charge in [0.15, 0.2) is 6.61 Å². The second-order valence-electron chi connectivity index (χ2n) is 6.91. The summed E-state index contributed by atoms with van der Waals surface area (Å²) in [6.07, 6.45) is 4.46. The van der Waals surface area contributed by atoms with Crippen LogP contribution in [0.1, 0.15) is 32.6 Å². The molecule has 27 heavy (non-hydrogen) atoms. The molecule has 6 nitrogen and oxygen atoms in total. The highest BCUT2D eigenvalue weighted by Gasteiger charge is 2.18. The van der Waals surface area contributed by atoms with Crippen LogP contribution < -0.4 is 14.9 Å². The molecule has 1 fully saturated rings. The molecule has 140 valence electrons. The van der Waals surface area contributed by atoms with Crippen LogP contribution in [0.15, 0.2) is 45.8 Å². The van der Waals surface area contributed by atoms with Crippen molar-refractivity contribution in [1.82, 2.24) is 4.68 Å². The molecule has 0 radical (unpaired) electrons. The van der Waals surface area contributed by atoms with Crippen LogP contribution >= 0.6 is 11.3 Å². The quantitative estimate of drug-likeness (QED) is 0.817. The second-order valence-corrected chi connectivity index (χ2v) is 7.75. The van der Waals surface area contributed by atoms with E-state index in [-0.39, 0.29) is 12.5 Å². The molecule has 0 unspecified atom stereocenters. The third-order valence-electron chi connectivity index (χ3n) is 4.50. The minimum absolute atomic E-state index is 0.0579. The Morgan fingerprint density at radius 2 is 2.19 bits per heavy atom. The van der Waals surface area contributed by atoms with E-state index in [4.69, 9.17) is 9.84 Å². The number of thiazole rings is 1. The maximum atomic E-state index is 11.6. The maximum absolute atomic E-state index is 11.6. The predicted octanol–water partition coefficient (Wildman–Crippen LogP) is 3.80. The van der Waals surface area contributed by atoms with Gasteiger partial charge in [-0.05, 0) is 50.8 Å². The predicted molar refractivity (Wildman–Crippen MR) is 108 cm³/mol. The number of benzene rings is 1. The Kier molecular flexibility index (Phi) is 4.94. The van der Waals surface area contributed by atoms with Gasteiger partial charge in [0, 0.05) is 16.7 Å². The monoisotopic (exact) mass is 382 g/mol. The fourth-order valence-corrected chi connectivity index (χ4v) is 4.00. The van der Waals surface area contributed by atoms with Crippen molar-refractivity contribution in [2.45, 2.75) is 32.6 Å². The molecule has 0 saturated heterocycles. The topological polar surface area (TPSA) is 68.0 Å². The Labute approximate surface area is 161 Å². The lowest BCUT2D eigenvalue weighted by atomic mass is 10.1. The summed E-state index contributed by atoms with van der Waals surface area (Å²) in [5.74, 6) is 0.552. The maximum Gasteiger partial charge on any atom is 0.262 e. The van der Waals surface area contributed by atoms with Gasteiger partial charge in [0.1, 0.15) is 5.75 Å². The summed E-state index contributed by atoms with van der Waals surface area (Å²) in [4.78, 5) is 17.2. The van der Waals surface area contributed by atoms with Crippen LogP contribution in [0.5, 0.6) is 5.75 Å². The van der Waals surface area contributed by atoms with E-state index in [2.05, 4.69) is 22.3 Å². The van der Waals surface area contributed by atoms with Gasteiger partial charge in [-0.25, -0.2) is 4.68 Å². The zero-order valence-corrected chi connectivity index (χ0v) is 16.1. The largest absolute Gasteiger partial charge is 0.482 e. The van der Waals surface area contributed by atoms with Crippen molar-refractivity contribution < 1.29 is 9.53 Å². The first-order chi connectivity index (χ1) is 13.1. The number of hydrogen-bond donors (Lipinski definition) is 1. The minimum Gasteiger partial charge on any atom is -0.482 e. The van der Waals surface area contributed by atoms with E-state index in [0.29, 0.717) is 18.0 Å². The highest BCUT2D eigenvalue weighted by molar-refractivity contribution is 7.07. The van der Waals surface area contributed by atoms with Crippen molar-refractivity contribution in [1.29, 1.82) is 0 Å². The van der Waals surface area contributed by atoms with Gasteiger partial charge in [-0.1, -0.05) is 12.2 Å². The number of hydrogen-bond acceptors (Lipinski definition) is 5. The van der Waals surface area contributed by atoms with Crippen LogP contribution in [0.4, 0.5) is 5.69 Å². The molecular formula is C20H22N4O2S. The van der Waals surface area contributed by atoms with Gasteiger partial charge in [-0.3, -0.25) is 9.79 Å². The van der Waals surface area contributed by atoms with E-state index in [1.165, 1.54) is 18.6 Å². The number of amides is 1. The van der Waals surface area contributed by atoms with Crippen molar-refractivity contribution >= 4 is 28.6 Å². The van der Waals surface area contributed by atoms with Crippen LogP contribution in [-0.4, -0.2) is 29.4 Å².